The van der Waals surface area contributed by atoms with Crippen LogP contribution in [-0.2, 0) is 0 Å². The van der Waals surface area contributed by atoms with Crippen molar-refractivity contribution in [2.45, 2.75) is 4.90 Å². The van der Waals surface area contributed by atoms with E-state index in [4.69, 9.17) is 14.4 Å². The van der Waals surface area contributed by atoms with Crippen molar-refractivity contribution in [3.05, 3.63) is 30.0 Å². The molecule has 0 fully saturated rings. The number of carboxylic acids is 1. The third kappa shape index (κ3) is 2.33. The number of thioether (sulfide) groups is 1. The van der Waals surface area contributed by atoms with Crippen LogP contribution in [0, 0.1) is 0 Å². The van der Waals surface area contributed by atoms with Gasteiger partial charge in [-0.25, -0.2) is 4.79 Å². The maximum atomic E-state index is 10.7. The third-order valence-electron chi connectivity index (χ3n) is 2.40. The van der Waals surface area contributed by atoms with Gasteiger partial charge in [-0.1, -0.05) is 5.16 Å². The molecule has 0 atom stereocenters. The lowest BCUT2D eigenvalue weighted by molar-refractivity contribution is 0.0686. The minimum Gasteiger partial charge on any atom is -0.496 e. The van der Waals surface area contributed by atoms with Gasteiger partial charge in [0.25, 0.3) is 0 Å². The molecule has 2 rings (SSSR count). The van der Waals surface area contributed by atoms with Crippen LogP contribution in [0.1, 0.15) is 10.5 Å². The van der Waals surface area contributed by atoms with Crippen LogP contribution in [0.25, 0.3) is 11.3 Å². The maximum Gasteiger partial charge on any atom is 0.358 e. The summed E-state index contributed by atoms with van der Waals surface area (Å²) in [7, 11) is 1.55. The SMILES string of the molecule is COc1cc(SC)ccc1-c1cc(C(=O)O)no1. The van der Waals surface area contributed by atoms with Crippen molar-refractivity contribution >= 4 is 17.7 Å². The Morgan fingerprint density at radius 1 is 1.44 bits per heavy atom. The van der Waals surface area contributed by atoms with E-state index in [2.05, 4.69) is 5.16 Å². The molecular weight excluding hydrogens is 254 g/mol. The number of aromatic carboxylic acids is 1. The second kappa shape index (κ2) is 5.14. The van der Waals surface area contributed by atoms with Gasteiger partial charge in [-0.2, -0.15) is 0 Å². The zero-order valence-electron chi connectivity index (χ0n) is 9.84. The van der Waals surface area contributed by atoms with Gasteiger partial charge >= 0.3 is 5.97 Å². The molecule has 1 aromatic heterocycles. The summed E-state index contributed by atoms with van der Waals surface area (Å²) >= 11 is 1.59. The molecule has 0 spiro atoms. The van der Waals surface area contributed by atoms with Gasteiger partial charge in [-0.15, -0.1) is 11.8 Å². The zero-order valence-corrected chi connectivity index (χ0v) is 10.7. The third-order valence-corrected chi connectivity index (χ3v) is 3.13. The van der Waals surface area contributed by atoms with Gasteiger partial charge in [0.15, 0.2) is 11.5 Å². The van der Waals surface area contributed by atoms with Gasteiger partial charge < -0.3 is 14.4 Å². The number of carbonyl (C=O) groups is 1. The Bertz CT molecular complexity index is 579. The van der Waals surface area contributed by atoms with E-state index in [1.807, 2.05) is 24.5 Å². The molecule has 1 aromatic carbocycles. The standard InChI is InChI=1S/C12H11NO4S/c1-16-10-5-7(18-2)3-4-8(10)11-6-9(12(14)15)13-17-11/h3-6H,1-2H3,(H,14,15). The predicted molar refractivity (Wildman–Crippen MR) is 67.2 cm³/mol. The van der Waals surface area contributed by atoms with E-state index in [1.165, 1.54) is 6.07 Å². The number of rotatable bonds is 4. The summed E-state index contributed by atoms with van der Waals surface area (Å²) in [5.74, 6) is -0.128. The van der Waals surface area contributed by atoms with Crippen LogP contribution in [0.15, 0.2) is 33.7 Å². The highest BCUT2D eigenvalue weighted by molar-refractivity contribution is 7.98. The first kappa shape index (κ1) is 12.5. The normalized spacial score (nSPS) is 10.3. The molecule has 0 aliphatic rings. The fourth-order valence-corrected chi connectivity index (χ4v) is 1.93. The van der Waals surface area contributed by atoms with Gasteiger partial charge in [0.2, 0.25) is 0 Å². The Morgan fingerprint density at radius 2 is 2.22 bits per heavy atom. The van der Waals surface area contributed by atoms with Crippen molar-refractivity contribution in [2.24, 2.45) is 0 Å². The maximum absolute atomic E-state index is 10.7. The highest BCUT2D eigenvalue weighted by atomic mass is 32.2. The van der Waals surface area contributed by atoms with Crippen LogP contribution < -0.4 is 4.74 Å². The molecule has 5 nitrogen and oxygen atoms in total. The number of benzene rings is 1. The summed E-state index contributed by atoms with van der Waals surface area (Å²) < 4.78 is 10.3. The monoisotopic (exact) mass is 265 g/mol. The van der Waals surface area contributed by atoms with Crippen LogP contribution in [0.5, 0.6) is 5.75 Å². The number of ether oxygens (including phenoxy) is 1. The van der Waals surface area contributed by atoms with E-state index in [0.717, 1.165) is 4.90 Å². The van der Waals surface area contributed by atoms with Crippen molar-refractivity contribution in [3.8, 4) is 17.1 Å². The highest BCUT2D eigenvalue weighted by Crippen LogP contribution is 2.33. The van der Waals surface area contributed by atoms with Crippen LogP contribution in [-0.4, -0.2) is 29.6 Å². The van der Waals surface area contributed by atoms with Gasteiger partial charge in [-0.3, -0.25) is 0 Å². The summed E-state index contributed by atoms with van der Waals surface area (Å²) in [5.41, 5.74) is 0.552. The first-order chi connectivity index (χ1) is 8.65. The minimum atomic E-state index is -1.12. The molecular formula is C12H11NO4S. The van der Waals surface area contributed by atoms with Gasteiger partial charge in [0.05, 0.1) is 12.7 Å². The molecule has 0 saturated heterocycles. The summed E-state index contributed by atoms with van der Waals surface area (Å²) in [5, 5.41) is 12.3. The summed E-state index contributed by atoms with van der Waals surface area (Å²) in [6, 6.07) is 6.96. The summed E-state index contributed by atoms with van der Waals surface area (Å²) in [6.07, 6.45) is 1.96. The molecule has 0 radical (unpaired) electrons. The largest absolute Gasteiger partial charge is 0.496 e. The number of hydrogen-bond acceptors (Lipinski definition) is 5. The van der Waals surface area contributed by atoms with Crippen LogP contribution in [0.4, 0.5) is 0 Å². The molecule has 0 aliphatic heterocycles. The van der Waals surface area contributed by atoms with Crippen LogP contribution >= 0.6 is 11.8 Å². The average molecular weight is 265 g/mol. The van der Waals surface area contributed by atoms with E-state index >= 15 is 0 Å². The van der Waals surface area contributed by atoms with Gasteiger partial charge in [0, 0.05) is 11.0 Å². The fraction of sp³-hybridized carbons (Fsp3) is 0.167. The number of methoxy groups -OCH3 is 1. The van der Waals surface area contributed by atoms with E-state index in [0.29, 0.717) is 17.1 Å². The van der Waals surface area contributed by atoms with Crippen LogP contribution in [0.2, 0.25) is 0 Å². The molecule has 0 saturated carbocycles. The van der Waals surface area contributed by atoms with E-state index < -0.39 is 5.97 Å². The van der Waals surface area contributed by atoms with E-state index in [9.17, 15) is 4.79 Å². The minimum absolute atomic E-state index is 0.124. The zero-order chi connectivity index (χ0) is 13.1. The fourth-order valence-electron chi connectivity index (χ4n) is 1.51. The lowest BCUT2D eigenvalue weighted by Crippen LogP contribution is -1.94. The van der Waals surface area contributed by atoms with Gasteiger partial charge in [0.1, 0.15) is 5.75 Å². The number of hydrogen-bond donors (Lipinski definition) is 1. The molecule has 94 valence electrons. The first-order valence-corrected chi connectivity index (χ1v) is 6.30. The Balaban J connectivity index is 2.45. The van der Waals surface area contributed by atoms with Crippen molar-refractivity contribution in [1.29, 1.82) is 0 Å². The van der Waals surface area contributed by atoms with Crippen molar-refractivity contribution in [2.75, 3.05) is 13.4 Å². The van der Waals surface area contributed by atoms with Crippen LogP contribution in [0.3, 0.4) is 0 Å². The smallest absolute Gasteiger partial charge is 0.358 e. The lowest BCUT2D eigenvalue weighted by Gasteiger charge is -2.06. The number of nitrogens with zero attached hydrogens (tertiary/aromatic N) is 1. The highest BCUT2D eigenvalue weighted by Gasteiger charge is 2.15. The Morgan fingerprint density at radius 3 is 2.78 bits per heavy atom. The van der Waals surface area contributed by atoms with Gasteiger partial charge in [-0.05, 0) is 24.5 Å². The molecule has 0 aliphatic carbocycles. The summed E-state index contributed by atoms with van der Waals surface area (Å²) in [4.78, 5) is 11.8. The second-order valence-electron chi connectivity index (χ2n) is 3.45. The molecule has 18 heavy (non-hydrogen) atoms. The first-order valence-electron chi connectivity index (χ1n) is 5.08. The molecule has 0 bridgehead atoms. The summed E-state index contributed by atoms with van der Waals surface area (Å²) in [6.45, 7) is 0. The lowest BCUT2D eigenvalue weighted by atomic mass is 10.1. The molecule has 0 amide bonds. The molecule has 2 aromatic rings. The van der Waals surface area contributed by atoms with E-state index in [1.54, 1.807) is 18.9 Å². The predicted octanol–water partition coefficient (Wildman–Crippen LogP) is 2.77. The number of aromatic nitrogens is 1. The van der Waals surface area contributed by atoms with Crippen molar-refractivity contribution in [1.82, 2.24) is 5.16 Å². The van der Waals surface area contributed by atoms with E-state index in [-0.39, 0.29) is 5.69 Å². The molecule has 0 unspecified atom stereocenters. The Hall–Kier alpha value is -1.95. The topological polar surface area (TPSA) is 72.6 Å². The molecule has 1 heterocycles. The second-order valence-corrected chi connectivity index (χ2v) is 4.33. The quantitative estimate of drug-likeness (QED) is 0.857. The van der Waals surface area contributed by atoms with Crippen molar-refractivity contribution < 1.29 is 19.2 Å². The Labute approximate surface area is 108 Å². The average Bonchev–Trinajstić information content (AvgIpc) is 2.87. The van der Waals surface area contributed by atoms with Crippen molar-refractivity contribution in [3.63, 3.8) is 0 Å². The Kier molecular flexibility index (Phi) is 3.57. The molecule has 6 heteroatoms. The molecule has 1 N–H and O–H groups in total. The number of carboxylic acid groups (broad SMARTS) is 1.